The van der Waals surface area contributed by atoms with E-state index in [0.29, 0.717) is 5.95 Å². The highest BCUT2D eigenvalue weighted by atomic mass is 16.2. The fourth-order valence-corrected chi connectivity index (χ4v) is 1.51. The van der Waals surface area contributed by atoms with Crippen LogP contribution in [0.25, 0.3) is 5.52 Å². The van der Waals surface area contributed by atoms with E-state index in [1.54, 1.807) is 6.20 Å². The molecule has 0 aliphatic rings. The summed E-state index contributed by atoms with van der Waals surface area (Å²) in [5.41, 5.74) is 0.676. The summed E-state index contributed by atoms with van der Waals surface area (Å²) < 4.78 is 1.82. The van der Waals surface area contributed by atoms with Gasteiger partial charge in [-0.2, -0.15) is 0 Å². The molecule has 0 aliphatic carbocycles. The summed E-state index contributed by atoms with van der Waals surface area (Å²) in [7, 11) is 0. The molecule has 0 radical (unpaired) electrons. The summed E-state index contributed by atoms with van der Waals surface area (Å²) in [5, 5.41) is 5.54. The van der Waals surface area contributed by atoms with E-state index < -0.39 is 0 Å². The molecule has 0 aromatic carbocycles. The quantitative estimate of drug-likeness (QED) is 0.792. The van der Waals surface area contributed by atoms with Gasteiger partial charge in [-0.1, -0.05) is 6.07 Å². The minimum Gasteiger partial charge on any atom is -0.333 e. The molecule has 0 saturated heterocycles. The lowest BCUT2D eigenvalue weighted by atomic mass is 10.1. The van der Waals surface area contributed by atoms with Crippen molar-refractivity contribution in [2.45, 2.75) is 26.3 Å². The number of imidazole rings is 1. The maximum atomic E-state index is 11.7. The maximum absolute atomic E-state index is 11.7. The summed E-state index contributed by atoms with van der Waals surface area (Å²) in [6, 6.07) is 5.49. The van der Waals surface area contributed by atoms with Gasteiger partial charge in [0.2, 0.25) is 5.95 Å². The Morgan fingerprint density at radius 3 is 2.82 bits per heavy atom. The fraction of sp³-hybridized carbons (Fsp3) is 0.333. The first kappa shape index (κ1) is 11.4. The maximum Gasteiger partial charge on any atom is 0.321 e. The number of carbonyl (C=O) groups is 1. The number of carbonyl (C=O) groups excluding carboxylic acids is 1. The predicted molar refractivity (Wildman–Crippen MR) is 67.1 cm³/mol. The van der Waals surface area contributed by atoms with E-state index in [9.17, 15) is 4.79 Å². The molecule has 17 heavy (non-hydrogen) atoms. The van der Waals surface area contributed by atoms with Gasteiger partial charge in [0.05, 0.1) is 11.7 Å². The van der Waals surface area contributed by atoms with Gasteiger partial charge in [-0.25, -0.2) is 9.78 Å². The molecule has 0 bridgehead atoms. The van der Waals surface area contributed by atoms with Crippen LogP contribution in [-0.2, 0) is 0 Å². The van der Waals surface area contributed by atoms with Crippen LogP contribution in [0.2, 0.25) is 0 Å². The van der Waals surface area contributed by atoms with Gasteiger partial charge in [0.25, 0.3) is 0 Å². The summed E-state index contributed by atoms with van der Waals surface area (Å²) in [4.78, 5) is 15.9. The molecule has 5 heteroatoms. The van der Waals surface area contributed by atoms with Gasteiger partial charge in [-0.15, -0.1) is 0 Å². The number of rotatable bonds is 1. The second kappa shape index (κ2) is 4.08. The van der Waals surface area contributed by atoms with Crippen LogP contribution in [0.15, 0.2) is 30.6 Å². The number of fused-ring (bicyclic) bond motifs is 1. The van der Waals surface area contributed by atoms with Crippen molar-refractivity contribution in [2.75, 3.05) is 5.32 Å². The van der Waals surface area contributed by atoms with Crippen LogP contribution in [0.4, 0.5) is 10.7 Å². The zero-order valence-corrected chi connectivity index (χ0v) is 10.2. The first-order valence-electron chi connectivity index (χ1n) is 5.47. The molecule has 2 aromatic rings. The lowest BCUT2D eigenvalue weighted by Gasteiger charge is -2.20. The predicted octanol–water partition coefficient (Wildman–Crippen LogP) is 2.25. The van der Waals surface area contributed by atoms with Crippen molar-refractivity contribution in [1.29, 1.82) is 0 Å². The zero-order chi connectivity index (χ0) is 12.5. The van der Waals surface area contributed by atoms with Crippen LogP contribution >= 0.6 is 0 Å². The highest BCUT2D eigenvalue weighted by Crippen LogP contribution is 2.10. The van der Waals surface area contributed by atoms with Crippen LogP contribution < -0.4 is 10.6 Å². The SMILES string of the molecule is CC(C)(C)NC(=O)Nc1ncc2ccccn12. The van der Waals surface area contributed by atoms with Crippen molar-refractivity contribution < 1.29 is 4.79 Å². The molecule has 0 unspecified atom stereocenters. The Bertz CT molecular complexity index is 539. The summed E-state index contributed by atoms with van der Waals surface area (Å²) >= 11 is 0. The van der Waals surface area contributed by atoms with Crippen LogP contribution in [0.1, 0.15) is 20.8 Å². The van der Waals surface area contributed by atoms with Crippen LogP contribution in [0, 0.1) is 0 Å². The minimum atomic E-state index is -0.267. The van der Waals surface area contributed by atoms with E-state index in [2.05, 4.69) is 15.6 Å². The van der Waals surface area contributed by atoms with Gasteiger partial charge in [0, 0.05) is 11.7 Å². The molecule has 90 valence electrons. The van der Waals surface area contributed by atoms with Gasteiger partial charge in [-0.05, 0) is 32.9 Å². The summed E-state index contributed by atoms with van der Waals surface area (Å²) in [6.07, 6.45) is 3.57. The highest BCUT2D eigenvalue weighted by molar-refractivity contribution is 5.88. The number of amides is 2. The largest absolute Gasteiger partial charge is 0.333 e. The Kier molecular flexibility index (Phi) is 2.75. The molecular formula is C12H16N4O. The molecule has 5 nitrogen and oxygen atoms in total. The van der Waals surface area contributed by atoms with E-state index in [0.717, 1.165) is 5.52 Å². The third kappa shape index (κ3) is 2.75. The minimum absolute atomic E-state index is 0.256. The normalized spacial score (nSPS) is 11.5. The summed E-state index contributed by atoms with van der Waals surface area (Å²) in [6.45, 7) is 5.78. The van der Waals surface area contributed by atoms with Gasteiger partial charge in [-0.3, -0.25) is 9.72 Å². The van der Waals surface area contributed by atoms with Gasteiger partial charge >= 0.3 is 6.03 Å². The third-order valence-electron chi connectivity index (χ3n) is 2.15. The van der Waals surface area contributed by atoms with Crippen LogP contribution in [0.3, 0.4) is 0 Å². The van der Waals surface area contributed by atoms with Crippen molar-refractivity contribution in [3.63, 3.8) is 0 Å². The molecule has 0 spiro atoms. The van der Waals surface area contributed by atoms with Crippen molar-refractivity contribution in [3.8, 4) is 0 Å². The molecule has 2 heterocycles. The number of nitrogens with zero attached hydrogens (tertiary/aromatic N) is 2. The van der Waals surface area contributed by atoms with E-state index in [-0.39, 0.29) is 11.6 Å². The van der Waals surface area contributed by atoms with Crippen molar-refractivity contribution in [2.24, 2.45) is 0 Å². The average Bonchev–Trinajstić information content (AvgIpc) is 2.59. The van der Waals surface area contributed by atoms with Gasteiger partial charge in [0.1, 0.15) is 0 Å². The zero-order valence-electron chi connectivity index (χ0n) is 10.2. The number of urea groups is 1. The monoisotopic (exact) mass is 232 g/mol. The average molecular weight is 232 g/mol. The molecule has 0 aliphatic heterocycles. The molecule has 2 amide bonds. The Morgan fingerprint density at radius 2 is 2.12 bits per heavy atom. The molecule has 0 fully saturated rings. The van der Waals surface area contributed by atoms with Gasteiger partial charge in [0.15, 0.2) is 0 Å². The van der Waals surface area contributed by atoms with Crippen LogP contribution in [0.5, 0.6) is 0 Å². The van der Waals surface area contributed by atoms with Crippen LogP contribution in [-0.4, -0.2) is 21.0 Å². The summed E-state index contributed by atoms with van der Waals surface area (Å²) in [5.74, 6) is 0.516. The van der Waals surface area contributed by atoms with Crippen molar-refractivity contribution >= 4 is 17.5 Å². The molecule has 2 N–H and O–H groups in total. The Balaban J connectivity index is 2.16. The molecule has 0 saturated carbocycles. The first-order chi connectivity index (χ1) is 7.96. The fourth-order valence-electron chi connectivity index (χ4n) is 1.51. The Labute approximate surface area is 99.9 Å². The molecule has 2 aromatic heterocycles. The first-order valence-corrected chi connectivity index (χ1v) is 5.47. The molecule has 2 rings (SSSR count). The number of pyridine rings is 1. The Hall–Kier alpha value is -2.04. The van der Waals surface area contributed by atoms with Crippen molar-refractivity contribution in [1.82, 2.24) is 14.7 Å². The number of aromatic nitrogens is 2. The number of nitrogens with one attached hydrogen (secondary N) is 2. The van der Waals surface area contributed by atoms with Crippen molar-refractivity contribution in [3.05, 3.63) is 30.6 Å². The smallest absolute Gasteiger partial charge is 0.321 e. The molecular weight excluding hydrogens is 216 g/mol. The Morgan fingerprint density at radius 1 is 1.35 bits per heavy atom. The lowest BCUT2D eigenvalue weighted by Crippen LogP contribution is -2.43. The number of anilines is 1. The number of hydrogen-bond donors (Lipinski definition) is 2. The second-order valence-corrected chi connectivity index (χ2v) is 4.91. The molecule has 0 atom stereocenters. The van der Waals surface area contributed by atoms with Gasteiger partial charge < -0.3 is 5.32 Å². The second-order valence-electron chi connectivity index (χ2n) is 4.91. The topological polar surface area (TPSA) is 58.4 Å². The standard InChI is InChI=1S/C12H16N4O/c1-12(2,3)15-11(17)14-10-13-8-9-6-4-5-7-16(9)10/h4-8H,1-3H3,(H2,13,14,15,17). The van der Waals surface area contributed by atoms with E-state index in [1.807, 2.05) is 49.6 Å². The van der Waals surface area contributed by atoms with E-state index >= 15 is 0 Å². The lowest BCUT2D eigenvalue weighted by molar-refractivity contribution is 0.243. The third-order valence-corrected chi connectivity index (χ3v) is 2.15. The highest BCUT2D eigenvalue weighted by Gasteiger charge is 2.14. The number of hydrogen-bond acceptors (Lipinski definition) is 2. The van der Waals surface area contributed by atoms with E-state index in [1.165, 1.54) is 0 Å². The van der Waals surface area contributed by atoms with E-state index in [4.69, 9.17) is 0 Å².